The van der Waals surface area contributed by atoms with Crippen LogP contribution in [-0.4, -0.2) is 61.5 Å². The number of hydrogen-bond donors (Lipinski definition) is 1. The maximum absolute atomic E-state index is 13.3. The second-order valence-electron chi connectivity index (χ2n) is 7.99. The van der Waals surface area contributed by atoms with Gasteiger partial charge in [0, 0.05) is 25.2 Å². The minimum absolute atomic E-state index is 0.123. The van der Waals surface area contributed by atoms with Crippen LogP contribution in [0.5, 0.6) is 0 Å². The first kappa shape index (κ1) is 22.9. The van der Waals surface area contributed by atoms with E-state index in [4.69, 9.17) is 0 Å². The lowest BCUT2D eigenvalue weighted by Crippen LogP contribution is -2.50. The summed E-state index contributed by atoms with van der Waals surface area (Å²) in [5.74, 6) is -0.629. The van der Waals surface area contributed by atoms with Gasteiger partial charge in [-0.3, -0.25) is 9.59 Å². The van der Waals surface area contributed by atoms with Gasteiger partial charge in [0.1, 0.15) is 16.8 Å². The number of sulfonamides is 1. The Morgan fingerprint density at radius 2 is 1.91 bits per heavy atom. The molecule has 0 saturated carbocycles. The van der Waals surface area contributed by atoms with Crippen LogP contribution < -0.4 is 5.32 Å². The van der Waals surface area contributed by atoms with Crippen molar-refractivity contribution in [3.8, 4) is 0 Å². The molecule has 0 unspecified atom stereocenters. The van der Waals surface area contributed by atoms with Crippen molar-refractivity contribution in [3.05, 3.63) is 65.5 Å². The molecule has 2 amide bonds. The van der Waals surface area contributed by atoms with Crippen LogP contribution in [-0.2, 0) is 26.2 Å². The van der Waals surface area contributed by atoms with Gasteiger partial charge >= 0.3 is 0 Å². The molecule has 33 heavy (non-hydrogen) atoms. The van der Waals surface area contributed by atoms with E-state index in [0.29, 0.717) is 37.3 Å². The number of likely N-dealkylation sites (tertiary alicyclic amines) is 1. The van der Waals surface area contributed by atoms with Crippen LogP contribution in [0.2, 0.25) is 0 Å². The third-order valence-corrected chi connectivity index (χ3v) is 7.18. The van der Waals surface area contributed by atoms with Gasteiger partial charge in [0.15, 0.2) is 5.84 Å². The number of rotatable bonds is 6. The SMILES string of the molecule is CCN(CC(=O)NCc1ccc(F)cc1)C(=O)[C@@H]1CCCN1C1=NS(=O)(=O)c2ccccc21. The van der Waals surface area contributed by atoms with E-state index in [2.05, 4.69) is 9.71 Å². The molecule has 10 heteroatoms. The maximum Gasteiger partial charge on any atom is 0.285 e. The van der Waals surface area contributed by atoms with Crippen LogP contribution in [0.4, 0.5) is 4.39 Å². The summed E-state index contributed by atoms with van der Waals surface area (Å²) in [6.07, 6.45) is 1.26. The summed E-state index contributed by atoms with van der Waals surface area (Å²) < 4.78 is 41.9. The Balaban J connectivity index is 1.44. The summed E-state index contributed by atoms with van der Waals surface area (Å²) in [6.45, 7) is 2.73. The first-order valence-electron chi connectivity index (χ1n) is 10.8. The van der Waals surface area contributed by atoms with E-state index < -0.39 is 16.1 Å². The van der Waals surface area contributed by atoms with Crippen molar-refractivity contribution in [1.29, 1.82) is 0 Å². The van der Waals surface area contributed by atoms with Crippen LogP contribution in [0, 0.1) is 5.82 Å². The van der Waals surface area contributed by atoms with E-state index in [1.54, 1.807) is 42.2 Å². The van der Waals surface area contributed by atoms with Crippen LogP contribution in [0.1, 0.15) is 30.9 Å². The highest BCUT2D eigenvalue weighted by atomic mass is 32.2. The smallest absolute Gasteiger partial charge is 0.285 e. The van der Waals surface area contributed by atoms with E-state index in [-0.39, 0.29) is 35.6 Å². The number of carbonyl (C=O) groups excluding carboxylic acids is 2. The molecule has 1 N–H and O–H groups in total. The molecule has 0 spiro atoms. The summed E-state index contributed by atoms with van der Waals surface area (Å²) in [5, 5.41) is 2.75. The quantitative estimate of drug-likeness (QED) is 0.693. The Kier molecular flexibility index (Phi) is 6.46. The van der Waals surface area contributed by atoms with Gasteiger partial charge in [0.05, 0.1) is 6.54 Å². The second-order valence-corrected chi connectivity index (χ2v) is 9.57. The predicted octanol–water partition coefficient (Wildman–Crippen LogP) is 1.90. The fourth-order valence-electron chi connectivity index (χ4n) is 4.16. The molecule has 0 bridgehead atoms. The molecular weight excluding hydrogens is 447 g/mol. The van der Waals surface area contributed by atoms with Crippen molar-refractivity contribution in [3.63, 3.8) is 0 Å². The summed E-state index contributed by atoms with van der Waals surface area (Å²) in [4.78, 5) is 29.1. The van der Waals surface area contributed by atoms with E-state index in [0.717, 1.165) is 5.56 Å². The molecule has 2 aliphatic rings. The minimum Gasteiger partial charge on any atom is -0.350 e. The van der Waals surface area contributed by atoms with E-state index in [9.17, 15) is 22.4 Å². The van der Waals surface area contributed by atoms with Gasteiger partial charge in [-0.05, 0) is 49.6 Å². The molecule has 1 fully saturated rings. The van der Waals surface area contributed by atoms with E-state index >= 15 is 0 Å². The fourth-order valence-corrected chi connectivity index (χ4v) is 5.38. The zero-order valence-electron chi connectivity index (χ0n) is 18.2. The highest BCUT2D eigenvalue weighted by molar-refractivity contribution is 7.90. The van der Waals surface area contributed by atoms with Crippen molar-refractivity contribution >= 4 is 27.7 Å². The number of amidine groups is 1. The normalized spacial score (nSPS) is 18.5. The van der Waals surface area contributed by atoms with Crippen LogP contribution in [0.25, 0.3) is 0 Å². The van der Waals surface area contributed by atoms with E-state index in [1.165, 1.54) is 23.1 Å². The van der Waals surface area contributed by atoms with Crippen molar-refractivity contribution in [2.24, 2.45) is 4.40 Å². The molecule has 4 rings (SSSR count). The highest BCUT2D eigenvalue weighted by Crippen LogP contribution is 2.31. The van der Waals surface area contributed by atoms with Crippen molar-refractivity contribution in [1.82, 2.24) is 15.1 Å². The molecular formula is C23H25FN4O4S. The number of halogens is 1. The van der Waals surface area contributed by atoms with Gasteiger partial charge in [0.2, 0.25) is 11.8 Å². The molecule has 0 aliphatic carbocycles. The molecule has 2 aliphatic heterocycles. The lowest BCUT2D eigenvalue weighted by molar-refractivity contribution is -0.138. The monoisotopic (exact) mass is 472 g/mol. The summed E-state index contributed by atoms with van der Waals surface area (Å²) in [5.41, 5.74) is 1.25. The number of likely N-dealkylation sites (N-methyl/N-ethyl adjacent to an activating group) is 1. The minimum atomic E-state index is -3.79. The summed E-state index contributed by atoms with van der Waals surface area (Å²) >= 11 is 0. The molecule has 1 atom stereocenters. The van der Waals surface area contributed by atoms with Gasteiger partial charge in [0.25, 0.3) is 10.0 Å². The third-order valence-electron chi connectivity index (χ3n) is 5.85. The molecule has 8 nitrogen and oxygen atoms in total. The average molecular weight is 473 g/mol. The Hall–Kier alpha value is -3.27. The summed E-state index contributed by atoms with van der Waals surface area (Å²) in [6, 6.07) is 11.8. The molecule has 2 heterocycles. The standard InChI is InChI=1S/C23H25FN4O4S/c1-2-27(15-21(29)25-14-16-9-11-17(24)12-10-16)23(30)19-7-5-13-28(19)22-18-6-3-4-8-20(18)33(31,32)26-22/h3-4,6,8-12,19H,2,5,7,13-15H2,1H3,(H,25,29)/t19-/m0/s1. The number of fused-ring (bicyclic) bond motifs is 1. The first-order valence-corrected chi connectivity index (χ1v) is 12.2. The van der Waals surface area contributed by atoms with Gasteiger partial charge in [-0.1, -0.05) is 24.3 Å². The number of benzene rings is 2. The van der Waals surface area contributed by atoms with Crippen LogP contribution in [0.15, 0.2) is 57.8 Å². The fraction of sp³-hybridized carbons (Fsp3) is 0.348. The molecule has 174 valence electrons. The highest BCUT2D eigenvalue weighted by Gasteiger charge is 2.40. The predicted molar refractivity (Wildman–Crippen MR) is 120 cm³/mol. The Bertz CT molecular complexity index is 1200. The number of amides is 2. The van der Waals surface area contributed by atoms with Crippen molar-refractivity contribution in [2.45, 2.75) is 37.2 Å². The Morgan fingerprint density at radius 3 is 2.64 bits per heavy atom. The molecule has 0 aromatic heterocycles. The number of nitrogens with zero attached hydrogens (tertiary/aromatic N) is 3. The van der Waals surface area contributed by atoms with Crippen LogP contribution >= 0.6 is 0 Å². The van der Waals surface area contributed by atoms with Crippen molar-refractivity contribution < 1.29 is 22.4 Å². The van der Waals surface area contributed by atoms with Gasteiger partial charge in [-0.25, -0.2) is 4.39 Å². The molecule has 0 radical (unpaired) electrons. The third kappa shape index (κ3) is 4.75. The topological polar surface area (TPSA) is 99.2 Å². The lowest BCUT2D eigenvalue weighted by Gasteiger charge is -2.30. The first-order chi connectivity index (χ1) is 15.8. The lowest BCUT2D eigenvalue weighted by atomic mass is 10.1. The number of hydrogen-bond acceptors (Lipinski definition) is 5. The Labute approximate surface area is 192 Å². The summed E-state index contributed by atoms with van der Waals surface area (Å²) in [7, 11) is -3.79. The molecule has 1 saturated heterocycles. The van der Waals surface area contributed by atoms with Gasteiger partial charge in [-0.15, -0.1) is 4.40 Å². The Morgan fingerprint density at radius 1 is 1.18 bits per heavy atom. The zero-order chi connectivity index (χ0) is 23.6. The zero-order valence-corrected chi connectivity index (χ0v) is 19.0. The van der Waals surface area contributed by atoms with Gasteiger partial charge < -0.3 is 15.1 Å². The van der Waals surface area contributed by atoms with Crippen LogP contribution in [0.3, 0.4) is 0 Å². The average Bonchev–Trinajstić information content (AvgIpc) is 3.39. The number of nitrogens with one attached hydrogen (secondary N) is 1. The van der Waals surface area contributed by atoms with Gasteiger partial charge in [-0.2, -0.15) is 8.42 Å². The number of carbonyl (C=O) groups is 2. The van der Waals surface area contributed by atoms with Crippen molar-refractivity contribution in [2.75, 3.05) is 19.6 Å². The second kappa shape index (κ2) is 9.30. The largest absolute Gasteiger partial charge is 0.350 e. The van der Waals surface area contributed by atoms with E-state index in [1.807, 2.05) is 0 Å². The molecule has 2 aromatic carbocycles. The maximum atomic E-state index is 13.3. The molecule has 2 aromatic rings.